The van der Waals surface area contributed by atoms with Gasteiger partial charge in [0.2, 0.25) is 5.88 Å². The quantitative estimate of drug-likeness (QED) is 0.831. The van der Waals surface area contributed by atoms with E-state index in [0.29, 0.717) is 26.0 Å². The van der Waals surface area contributed by atoms with Crippen molar-refractivity contribution in [2.45, 2.75) is 0 Å². The van der Waals surface area contributed by atoms with Crippen molar-refractivity contribution >= 4 is 41.6 Å². The number of H-pyrrole nitrogens is 1. The molecule has 0 aliphatic carbocycles. The minimum absolute atomic E-state index is 0.0412. The fraction of sp³-hybridized carbons (Fsp3) is 0.133. The Morgan fingerprint density at radius 3 is 2.70 bits per heavy atom. The van der Waals surface area contributed by atoms with E-state index in [0.717, 1.165) is 11.1 Å². The third-order valence-corrected chi connectivity index (χ3v) is 4.40. The van der Waals surface area contributed by atoms with Crippen LogP contribution in [0.5, 0.6) is 17.4 Å². The largest absolute Gasteiger partial charge is 0.494 e. The predicted molar refractivity (Wildman–Crippen MR) is 93.7 cm³/mol. The van der Waals surface area contributed by atoms with Crippen molar-refractivity contribution in [3.05, 3.63) is 38.2 Å². The number of ether oxygens (including phenoxy) is 2. The molecule has 0 saturated carbocycles. The van der Waals surface area contributed by atoms with Gasteiger partial charge in [-0.05, 0) is 36.5 Å². The minimum atomic E-state index is 0.0412. The SMILES string of the molecule is COc1ccc(C2=NN=CC2=Cc2sc(=S)[nH]c2O)cc1OC. The van der Waals surface area contributed by atoms with E-state index in [1.165, 1.54) is 11.3 Å². The molecule has 0 unspecified atom stereocenters. The van der Waals surface area contributed by atoms with Gasteiger partial charge >= 0.3 is 0 Å². The first kappa shape index (κ1) is 15.4. The minimum Gasteiger partial charge on any atom is -0.494 e. The van der Waals surface area contributed by atoms with Crippen LogP contribution in [0, 0.1) is 3.95 Å². The first-order chi connectivity index (χ1) is 11.1. The Hall–Kier alpha value is -2.45. The van der Waals surface area contributed by atoms with Crippen molar-refractivity contribution in [2.24, 2.45) is 10.2 Å². The Kier molecular flexibility index (Phi) is 4.26. The van der Waals surface area contributed by atoms with Gasteiger partial charge in [-0.1, -0.05) is 0 Å². The van der Waals surface area contributed by atoms with Crippen LogP contribution in [0.25, 0.3) is 6.08 Å². The van der Waals surface area contributed by atoms with Crippen LogP contribution in [0.15, 0.2) is 34.0 Å². The summed E-state index contributed by atoms with van der Waals surface area (Å²) >= 11 is 6.31. The van der Waals surface area contributed by atoms with Crippen LogP contribution in [0.3, 0.4) is 0 Å². The molecule has 2 heterocycles. The molecule has 0 saturated heterocycles. The molecule has 23 heavy (non-hydrogen) atoms. The average Bonchev–Trinajstić information content (AvgIpc) is 3.13. The highest BCUT2D eigenvalue weighted by molar-refractivity contribution is 7.73. The molecule has 8 heteroatoms. The zero-order valence-corrected chi connectivity index (χ0v) is 14.0. The van der Waals surface area contributed by atoms with E-state index >= 15 is 0 Å². The number of aromatic nitrogens is 1. The molecule has 2 aromatic rings. The number of aromatic hydroxyl groups is 1. The van der Waals surface area contributed by atoms with Gasteiger partial charge < -0.3 is 19.6 Å². The fourth-order valence-corrected chi connectivity index (χ4v) is 3.20. The molecule has 0 atom stereocenters. The summed E-state index contributed by atoms with van der Waals surface area (Å²) in [5.74, 6) is 1.29. The number of nitrogens with one attached hydrogen (secondary N) is 1. The number of thiazole rings is 1. The summed E-state index contributed by atoms with van der Waals surface area (Å²) in [6, 6.07) is 5.52. The monoisotopic (exact) mass is 347 g/mol. The molecule has 1 aromatic heterocycles. The lowest BCUT2D eigenvalue weighted by Crippen LogP contribution is -2.03. The average molecular weight is 347 g/mol. The number of nitrogens with zero attached hydrogens (tertiary/aromatic N) is 2. The van der Waals surface area contributed by atoms with Gasteiger partial charge in [-0.25, -0.2) is 0 Å². The van der Waals surface area contributed by atoms with Crippen LogP contribution >= 0.6 is 23.6 Å². The van der Waals surface area contributed by atoms with E-state index in [4.69, 9.17) is 21.7 Å². The van der Waals surface area contributed by atoms with Crippen LogP contribution in [-0.2, 0) is 0 Å². The van der Waals surface area contributed by atoms with Gasteiger partial charge in [-0.3, -0.25) is 0 Å². The van der Waals surface area contributed by atoms with Crippen LogP contribution in [0.4, 0.5) is 0 Å². The highest BCUT2D eigenvalue weighted by atomic mass is 32.1. The smallest absolute Gasteiger partial charge is 0.207 e. The van der Waals surface area contributed by atoms with Crippen molar-refractivity contribution in [1.29, 1.82) is 0 Å². The van der Waals surface area contributed by atoms with Crippen LogP contribution in [0.1, 0.15) is 10.4 Å². The molecule has 0 radical (unpaired) electrons. The van der Waals surface area contributed by atoms with Gasteiger partial charge in [0.25, 0.3) is 0 Å². The molecular weight excluding hydrogens is 334 g/mol. The van der Waals surface area contributed by atoms with Gasteiger partial charge in [-0.15, -0.1) is 16.4 Å². The number of methoxy groups -OCH3 is 2. The Labute approximate surface area is 141 Å². The van der Waals surface area contributed by atoms with Crippen LogP contribution in [0.2, 0.25) is 0 Å². The first-order valence-corrected chi connectivity index (χ1v) is 7.82. The molecule has 0 amide bonds. The number of hydrogen-bond donors (Lipinski definition) is 2. The maximum atomic E-state index is 9.82. The summed E-state index contributed by atoms with van der Waals surface area (Å²) < 4.78 is 11.1. The lowest BCUT2D eigenvalue weighted by atomic mass is 10.0. The summed E-state index contributed by atoms with van der Waals surface area (Å²) in [4.78, 5) is 3.32. The van der Waals surface area contributed by atoms with Gasteiger partial charge in [0.05, 0.1) is 25.3 Å². The lowest BCUT2D eigenvalue weighted by molar-refractivity contribution is 0.355. The standard InChI is InChI=1S/C15H13N3O3S2/c1-20-10-4-3-8(5-11(10)21-2)13-9(7-16-18-13)6-12-14(19)17-15(22)23-12/h3-7,19H,1-2H3,(H,17,22). The summed E-state index contributed by atoms with van der Waals surface area (Å²) in [6.45, 7) is 0. The molecule has 3 rings (SSSR count). The Morgan fingerprint density at radius 1 is 1.26 bits per heavy atom. The summed E-state index contributed by atoms with van der Waals surface area (Å²) in [6.07, 6.45) is 3.42. The van der Waals surface area contributed by atoms with Crippen molar-refractivity contribution in [3.8, 4) is 17.4 Å². The van der Waals surface area contributed by atoms with Gasteiger partial charge in [0.1, 0.15) is 5.71 Å². The summed E-state index contributed by atoms with van der Waals surface area (Å²) in [5.41, 5.74) is 2.30. The zero-order valence-electron chi connectivity index (χ0n) is 12.4. The topological polar surface area (TPSA) is 79.2 Å². The molecule has 118 valence electrons. The van der Waals surface area contributed by atoms with E-state index in [1.807, 2.05) is 18.2 Å². The fourth-order valence-electron chi connectivity index (χ4n) is 2.15. The van der Waals surface area contributed by atoms with E-state index in [1.54, 1.807) is 26.5 Å². The summed E-state index contributed by atoms with van der Waals surface area (Å²) in [7, 11) is 3.16. The number of hydrogen-bond acceptors (Lipinski definition) is 7. The van der Waals surface area contributed by atoms with Gasteiger partial charge in [0.15, 0.2) is 15.5 Å². The van der Waals surface area contributed by atoms with Crippen molar-refractivity contribution in [1.82, 2.24) is 4.98 Å². The Balaban J connectivity index is 2.00. The van der Waals surface area contributed by atoms with E-state index in [-0.39, 0.29) is 5.88 Å². The highest BCUT2D eigenvalue weighted by Gasteiger charge is 2.17. The third kappa shape index (κ3) is 3.03. The zero-order chi connectivity index (χ0) is 16.4. The Bertz CT molecular complexity index is 894. The third-order valence-electron chi connectivity index (χ3n) is 3.23. The summed E-state index contributed by atoms with van der Waals surface area (Å²) in [5, 5.41) is 17.9. The molecule has 0 bridgehead atoms. The Morgan fingerprint density at radius 2 is 2.04 bits per heavy atom. The van der Waals surface area contributed by atoms with Gasteiger partial charge in [-0.2, -0.15) is 5.10 Å². The number of allylic oxidation sites excluding steroid dienone is 1. The second kappa shape index (κ2) is 6.35. The molecule has 1 aliphatic heterocycles. The first-order valence-electron chi connectivity index (χ1n) is 6.60. The maximum Gasteiger partial charge on any atom is 0.207 e. The van der Waals surface area contributed by atoms with Crippen molar-refractivity contribution in [3.63, 3.8) is 0 Å². The van der Waals surface area contributed by atoms with E-state index in [2.05, 4.69) is 15.2 Å². The van der Waals surface area contributed by atoms with E-state index in [9.17, 15) is 5.11 Å². The molecule has 1 aromatic carbocycles. The predicted octanol–water partition coefficient (Wildman–Crippen LogP) is 3.40. The van der Waals surface area contributed by atoms with Gasteiger partial charge in [0, 0.05) is 11.1 Å². The molecule has 0 fully saturated rings. The van der Waals surface area contributed by atoms with E-state index < -0.39 is 0 Å². The second-order valence-corrected chi connectivity index (χ2v) is 6.31. The molecule has 2 N–H and O–H groups in total. The number of rotatable bonds is 4. The molecule has 1 aliphatic rings. The molecule has 6 nitrogen and oxygen atoms in total. The maximum absolute atomic E-state index is 9.82. The normalized spacial score (nSPS) is 15.0. The van der Waals surface area contributed by atoms with Crippen LogP contribution in [-0.4, -0.2) is 36.2 Å². The van der Waals surface area contributed by atoms with Crippen molar-refractivity contribution < 1.29 is 14.6 Å². The molecule has 0 spiro atoms. The lowest BCUT2D eigenvalue weighted by Gasteiger charge is -2.09. The second-order valence-electron chi connectivity index (χ2n) is 4.59. The number of aromatic amines is 1. The number of benzene rings is 1. The van der Waals surface area contributed by atoms with Crippen molar-refractivity contribution in [2.75, 3.05) is 14.2 Å². The molecular formula is C15H13N3O3S2. The highest BCUT2D eigenvalue weighted by Crippen LogP contribution is 2.30. The van der Waals surface area contributed by atoms with Crippen LogP contribution < -0.4 is 9.47 Å².